The highest BCUT2D eigenvalue weighted by Crippen LogP contribution is 2.29. The van der Waals surface area contributed by atoms with E-state index in [2.05, 4.69) is 20.8 Å². The summed E-state index contributed by atoms with van der Waals surface area (Å²) in [4.78, 5) is 12.4. The summed E-state index contributed by atoms with van der Waals surface area (Å²) in [5.74, 6) is 0.673. The maximum Gasteiger partial charge on any atom is 0.237 e. The van der Waals surface area contributed by atoms with Crippen LogP contribution in [0.5, 0.6) is 5.75 Å². The standard InChI is InChI=1S/C19H20N4O2S2/c1-13(26-19-23-22-18(20-2)27-19)17(24)21-15-8-10-16(11-9-15)25-12-14-6-4-3-5-7-14/h3-11,13H,12H2,1-2H3,(H,20,22)(H,21,24)/t13-/m1/s1. The minimum Gasteiger partial charge on any atom is -0.489 e. The van der Waals surface area contributed by atoms with E-state index < -0.39 is 0 Å². The van der Waals surface area contributed by atoms with Gasteiger partial charge in [0.15, 0.2) is 4.34 Å². The van der Waals surface area contributed by atoms with Gasteiger partial charge < -0.3 is 15.4 Å². The first-order valence-electron chi connectivity index (χ1n) is 8.39. The summed E-state index contributed by atoms with van der Waals surface area (Å²) in [5, 5.41) is 14.3. The molecule has 3 aromatic rings. The zero-order valence-electron chi connectivity index (χ0n) is 15.0. The molecule has 0 saturated carbocycles. The Morgan fingerprint density at radius 2 is 1.89 bits per heavy atom. The highest BCUT2D eigenvalue weighted by atomic mass is 32.2. The molecule has 0 saturated heterocycles. The van der Waals surface area contributed by atoms with E-state index in [-0.39, 0.29) is 11.2 Å². The number of thioether (sulfide) groups is 1. The topological polar surface area (TPSA) is 76.1 Å². The molecule has 1 atom stereocenters. The molecule has 0 fully saturated rings. The molecule has 0 unspecified atom stereocenters. The molecular formula is C19H20N4O2S2. The van der Waals surface area contributed by atoms with Crippen LogP contribution >= 0.6 is 23.1 Å². The van der Waals surface area contributed by atoms with Crippen LogP contribution in [0.4, 0.5) is 10.8 Å². The number of aromatic nitrogens is 2. The van der Waals surface area contributed by atoms with Gasteiger partial charge in [0.1, 0.15) is 12.4 Å². The lowest BCUT2D eigenvalue weighted by Crippen LogP contribution is -2.22. The summed E-state index contributed by atoms with van der Waals surface area (Å²) in [7, 11) is 1.79. The Labute approximate surface area is 166 Å². The van der Waals surface area contributed by atoms with E-state index in [1.807, 2.05) is 61.5 Å². The Hall–Kier alpha value is -2.58. The minimum absolute atomic E-state index is 0.0841. The van der Waals surface area contributed by atoms with Gasteiger partial charge in [-0.25, -0.2) is 0 Å². The average Bonchev–Trinajstić information content (AvgIpc) is 3.16. The summed E-state index contributed by atoms with van der Waals surface area (Å²) >= 11 is 2.81. The molecule has 3 rings (SSSR count). The van der Waals surface area contributed by atoms with Gasteiger partial charge in [-0.1, -0.05) is 53.4 Å². The maximum absolute atomic E-state index is 12.4. The third kappa shape index (κ3) is 5.70. The van der Waals surface area contributed by atoms with Gasteiger partial charge in [0.05, 0.1) is 5.25 Å². The van der Waals surface area contributed by atoms with Crippen LogP contribution in [0.15, 0.2) is 58.9 Å². The zero-order chi connectivity index (χ0) is 19.1. The molecule has 0 spiro atoms. The zero-order valence-corrected chi connectivity index (χ0v) is 16.6. The molecule has 0 bridgehead atoms. The Kier molecular flexibility index (Phi) is 6.67. The van der Waals surface area contributed by atoms with Crippen molar-refractivity contribution in [1.82, 2.24) is 10.2 Å². The summed E-state index contributed by atoms with van der Waals surface area (Å²) in [5.41, 5.74) is 1.84. The molecule has 27 heavy (non-hydrogen) atoms. The van der Waals surface area contributed by atoms with Crippen molar-refractivity contribution >= 4 is 39.8 Å². The molecule has 1 amide bonds. The van der Waals surface area contributed by atoms with E-state index in [0.717, 1.165) is 26.5 Å². The van der Waals surface area contributed by atoms with E-state index in [9.17, 15) is 4.79 Å². The van der Waals surface area contributed by atoms with Crippen molar-refractivity contribution in [2.75, 3.05) is 17.7 Å². The fourth-order valence-electron chi connectivity index (χ4n) is 2.18. The minimum atomic E-state index is -0.281. The number of amides is 1. The van der Waals surface area contributed by atoms with Crippen LogP contribution in [0.25, 0.3) is 0 Å². The summed E-state index contributed by atoms with van der Waals surface area (Å²) in [6.07, 6.45) is 0. The summed E-state index contributed by atoms with van der Waals surface area (Å²) < 4.78 is 6.51. The molecule has 8 heteroatoms. The lowest BCUT2D eigenvalue weighted by atomic mass is 10.2. The second kappa shape index (κ2) is 9.38. The Balaban J connectivity index is 1.50. The van der Waals surface area contributed by atoms with Crippen LogP contribution in [-0.4, -0.2) is 28.4 Å². The maximum atomic E-state index is 12.4. The van der Waals surface area contributed by atoms with Crippen LogP contribution in [0.2, 0.25) is 0 Å². The van der Waals surface area contributed by atoms with E-state index in [4.69, 9.17) is 4.74 Å². The van der Waals surface area contributed by atoms with Gasteiger partial charge in [-0.3, -0.25) is 4.79 Å². The van der Waals surface area contributed by atoms with Crippen LogP contribution < -0.4 is 15.4 Å². The van der Waals surface area contributed by atoms with Crippen LogP contribution in [0.1, 0.15) is 12.5 Å². The SMILES string of the molecule is CNc1nnc(S[C@H](C)C(=O)Nc2ccc(OCc3ccccc3)cc2)s1. The second-order valence-corrected chi connectivity index (χ2v) is 8.24. The second-order valence-electron chi connectivity index (χ2n) is 5.67. The number of rotatable bonds is 8. The van der Waals surface area contributed by atoms with Crippen molar-refractivity contribution in [2.45, 2.75) is 23.1 Å². The lowest BCUT2D eigenvalue weighted by Gasteiger charge is -2.11. The van der Waals surface area contributed by atoms with Crippen molar-refractivity contribution < 1.29 is 9.53 Å². The summed E-state index contributed by atoms with van der Waals surface area (Å²) in [6.45, 7) is 2.36. The molecule has 2 N–H and O–H groups in total. The van der Waals surface area contributed by atoms with Gasteiger partial charge >= 0.3 is 0 Å². The normalized spacial score (nSPS) is 11.6. The van der Waals surface area contributed by atoms with E-state index in [0.29, 0.717) is 6.61 Å². The van der Waals surface area contributed by atoms with Crippen LogP contribution in [0, 0.1) is 0 Å². The first kappa shape index (κ1) is 19.2. The number of carbonyl (C=O) groups is 1. The highest BCUT2D eigenvalue weighted by Gasteiger charge is 2.17. The number of ether oxygens (including phenoxy) is 1. The number of hydrogen-bond donors (Lipinski definition) is 2. The smallest absolute Gasteiger partial charge is 0.237 e. The van der Waals surface area contributed by atoms with E-state index in [1.54, 1.807) is 7.05 Å². The number of benzene rings is 2. The average molecular weight is 401 g/mol. The van der Waals surface area contributed by atoms with Gasteiger partial charge in [0.25, 0.3) is 0 Å². The first-order valence-corrected chi connectivity index (χ1v) is 10.1. The Morgan fingerprint density at radius 3 is 2.56 bits per heavy atom. The number of nitrogens with one attached hydrogen (secondary N) is 2. The van der Waals surface area contributed by atoms with Crippen LogP contribution in [-0.2, 0) is 11.4 Å². The lowest BCUT2D eigenvalue weighted by molar-refractivity contribution is -0.115. The number of anilines is 2. The van der Waals surface area contributed by atoms with Crippen molar-refractivity contribution in [2.24, 2.45) is 0 Å². The van der Waals surface area contributed by atoms with Crippen molar-refractivity contribution in [3.05, 3.63) is 60.2 Å². The van der Waals surface area contributed by atoms with Gasteiger partial charge in [0, 0.05) is 12.7 Å². The Bertz CT molecular complexity index is 869. The van der Waals surface area contributed by atoms with Crippen molar-refractivity contribution in [3.8, 4) is 5.75 Å². The first-order chi connectivity index (χ1) is 13.1. The third-order valence-electron chi connectivity index (χ3n) is 3.64. The molecule has 140 valence electrons. The highest BCUT2D eigenvalue weighted by molar-refractivity contribution is 8.02. The molecular weight excluding hydrogens is 380 g/mol. The molecule has 0 aliphatic heterocycles. The molecule has 0 aliphatic rings. The summed E-state index contributed by atoms with van der Waals surface area (Å²) in [6, 6.07) is 17.3. The molecule has 1 heterocycles. The van der Waals surface area contributed by atoms with E-state index >= 15 is 0 Å². The molecule has 1 aromatic heterocycles. The molecule has 0 aliphatic carbocycles. The van der Waals surface area contributed by atoms with Crippen LogP contribution in [0.3, 0.4) is 0 Å². The fraction of sp³-hybridized carbons (Fsp3) is 0.211. The van der Waals surface area contributed by atoms with Crippen molar-refractivity contribution in [1.29, 1.82) is 0 Å². The third-order valence-corrected chi connectivity index (χ3v) is 5.76. The predicted octanol–water partition coefficient (Wildman–Crippen LogP) is 4.28. The van der Waals surface area contributed by atoms with Gasteiger partial charge in [-0.05, 0) is 36.8 Å². The number of carbonyl (C=O) groups excluding carboxylic acids is 1. The van der Waals surface area contributed by atoms with Crippen molar-refractivity contribution in [3.63, 3.8) is 0 Å². The van der Waals surface area contributed by atoms with Gasteiger partial charge in [0.2, 0.25) is 11.0 Å². The van der Waals surface area contributed by atoms with Gasteiger partial charge in [-0.15, -0.1) is 10.2 Å². The monoisotopic (exact) mass is 400 g/mol. The molecule has 6 nitrogen and oxygen atoms in total. The Morgan fingerprint density at radius 1 is 1.15 bits per heavy atom. The number of hydrogen-bond acceptors (Lipinski definition) is 7. The predicted molar refractivity (Wildman–Crippen MR) is 111 cm³/mol. The number of nitrogens with zero attached hydrogens (tertiary/aromatic N) is 2. The molecule has 0 radical (unpaired) electrons. The van der Waals surface area contributed by atoms with Gasteiger partial charge in [-0.2, -0.15) is 0 Å². The van der Waals surface area contributed by atoms with E-state index in [1.165, 1.54) is 23.1 Å². The molecule has 2 aromatic carbocycles. The quantitative estimate of drug-likeness (QED) is 0.550. The largest absolute Gasteiger partial charge is 0.489 e. The fourth-order valence-corrected chi connectivity index (χ4v) is 4.03.